The summed E-state index contributed by atoms with van der Waals surface area (Å²) in [6.07, 6.45) is 3.51. The SMILES string of the molecule is CCCCc1cccc(C#Cc2ccccc2)c1-c1ccccc1. The number of hydrogen-bond acceptors (Lipinski definition) is 0. The Labute approximate surface area is 145 Å². The van der Waals surface area contributed by atoms with Crippen LogP contribution in [-0.4, -0.2) is 0 Å². The van der Waals surface area contributed by atoms with Crippen molar-refractivity contribution in [3.8, 4) is 23.0 Å². The van der Waals surface area contributed by atoms with Crippen LogP contribution in [0.5, 0.6) is 0 Å². The van der Waals surface area contributed by atoms with Gasteiger partial charge in [0.15, 0.2) is 0 Å². The molecule has 0 amide bonds. The fourth-order valence-electron chi connectivity index (χ4n) is 2.89. The van der Waals surface area contributed by atoms with Crippen LogP contribution in [0.4, 0.5) is 0 Å². The monoisotopic (exact) mass is 310 g/mol. The van der Waals surface area contributed by atoms with E-state index in [2.05, 4.69) is 79.4 Å². The van der Waals surface area contributed by atoms with Crippen LogP contribution in [0, 0.1) is 11.8 Å². The summed E-state index contributed by atoms with van der Waals surface area (Å²) in [4.78, 5) is 0. The van der Waals surface area contributed by atoms with Crippen molar-refractivity contribution >= 4 is 0 Å². The third-order valence-corrected chi connectivity index (χ3v) is 4.13. The summed E-state index contributed by atoms with van der Waals surface area (Å²) in [6.45, 7) is 2.24. The van der Waals surface area contributed by atoms with Crippen LogP contribution in [0.25, 0.3) is 11.1 Å². The van der Waals surface area contributed by atoms with Crippen molar-refractivity contribution in [2.45, 2.75) is 26.2 Å². The van der Waals surface area contributed by atoms with Gasteiger partial charge in [-0.2, -0.15) is 0 Å². The number of benzene rings is 3. The molecule has 0 nitrogen and oxygen atoms in total. The predicted molar refractivity (Wildman–Crippen MR) is 103 cm³/mol. The molecule has 0 heterocycles. The zero-order valence-electron chi connectivity index (χ0n) is 14.1. The van der Waals surface area contributed by atoms with E-state index in [1.165, 1.54) is 29.5 Å². The highest BCUT2D eigenvalue weighted by atomic mass is 14.1. The molecule has 24 heavy (non-hydrogen) atoms. The Morgan fingerprint density at radius 3 is 2.12 bits per heavy atom. The van der Waals surface area contributed by atoms with Gasteiger partial charge < -0.3 is 0 Å². The summed E-state index contributed by atoms with van der Waals surface area (Å²) in [6, 6.07) is 27.3. The van der Waals surface area contributed by atoms with Gasteiger partial charge in [0, 0.05) is 16.7 Å². The molecule has 0 aromatic heterocycles. The fourth-order valence-corrected chi connectivity index (χ4v) is 2.89. The molecule has 3 aromatic carbocycles. The second-order valence-corrected chi connectivity index (χ2v) is 5.93. The number of unbranched alkanes of at least 4 members (excludes halogenated alkanes) is 1. The second kappa shape index (κ2) is 8.18. The highest BCUT2D eigenvalue weighted by molar-refractivity contribution is 5.75. The van der Waals surface area contributed by atoms with Crippen molar-refractivity contribution in [2.75, 3.05) is 0 Å². The van der Waals surface area contributed by atoms with Gasteiger partial charge in [-0.05, 0) is 42.2 Å². The fraction of sp³-hybridized carbons (Fsp3) is 0.167. The van der Waals surface area contributed by atoms with E-state index in [1.54, 1.807) is 0 Å². The van der Waals surface area contributed by atoms with Gasteiger partial charge in [-0.25, -0.2) is 0 Å². The van der Waals surface area contributed by atoms with Gasteiger partial charge in [0.1, 0.15) is 0 Å². The quantitative estimate of drug-likeness (QED) is 0.511. The normalized spacial score (nSPS) is 10.0. The summed E-state index contributed by atoms with van der Waals surface area (Å²) in [7, 11) is 0. The minimum absolute atomic E-state index is 1.05. The van der Waals surface area contributed by atoms with Crippen molar-refractivity contribution in [1.29, 1.82) is 0 Å². The lowest BCUT2D eigenvalue weighted by atomic mass is 9.92. The molecule has 0 bridgehead atoms. The highest BCUT2D eigenvalue weighted by Gasteiger charge is 2.09. The van der Waals surface area contributed by atoms with Crippen LogP contribution in [-0.2, 0) is 6.42 Å². The molecular weight excluding hydrogens is 288 g/mol. The molecule has 0 N–H and O–H groups in total. The molecule has 0 saturated carbocycles. The standard InChI is InChI=1S/C24H22/c1-2-3-13-21-16-10-17-23(19-18-20-11-6-4-7-12-20)24(21)22-14-8-5-9-15-22/h4-12,14-17H,2-3,13H2,1H3. The maximum absolute atomic E-state index is 3.39. The van der Waals surface area contributed by atoms with Gasteiger partial charge in [-0.1, -0.05) is 85.8 Å². The minimum atomic E-state index is 1.05. The van der Waals surface area contributed by atoms with Crippen LogP contribution in [0.2, 0.25) is 0 Å². The molecule has 0 aliphatic rings. The molecule has 3 rings (SSSR count). The summed E-state index contributed by atoms with van der Waals surface area (Å²) >= 11 is 0. The lowest BCUT2D eigenvalue weighted by Crippen LogP contribution is -1.94. The van der Waals surface area contributed by atoms with E-state index < -0.39 is 0 Å². The van der Waals surface area contributed by atoms with Crippen molar-refractivity contribution in [2.24, 2.45) is 0 Å². The average molecular weight is 310 g/mol. The largest absolute Gasteiger partial charge is 0.0654 e. The molecule has 0 atom stereocenters. The Hall–Kier alpha value is -2.78. The highest BCUT2D eigenvalue weighted by Crippen LogP contribution is 2.28. The molecule has 0 unspecified atom stereocenters. The van der Waals surface area contributed by atoms with Crippen LogP contribution in [0.3, 0.4) is 0 Å². The van der Waals surface area contributed by atoms with Crippen LogP contribution >= 0.6 is 0 Å². The van der Waals surface area contributed by atoms with Crippen molar-refractivity contribution < 1.29 is 0 Å². The van der Waals surface area contributed by atoms with Gasteiger partial charge in [0.05, 0.1) is 0 Å². The zero-order valence-corrected chi connectivity index (χ0v) is 14.1. The summed E-state index contributed by atoms with van der Waals surface area (Å²) in [5.41, 5.74) is 6.09. The van der Waals surface area contributed by atoms with E-state index in [1.807, 2.05) is 18.2 Å². The Morgan fingerprint density at radius 2 is 1.42 bits per heavy atom. The van der Waals surface area contributed by atoms with Gasteiger partial charge in [-0.15, -0.1) is 0 Å². The molecule has 118 valence electrons. The Morgan fingerprint density at radius 1 is 0.708 bits per heavy atom. The molecule has 0 fully saturated rings. The molecule has 0 spiro atoms. The minimum Gasteiger partial charge on any atom is -0.0654 e. The topological polar surface area (TPSA) is 0 Å². The van der Waals surface area contributed by atoms with E-state index in [0.717, 1.165) is 17.5 Å². The van der Waals surface area contributed by atoms with E-state index in [4.69, 9.17) is 0 Å². The lowest BCUT2D eigenvalue weighted by Gasteiger charge is -2.12. The van der Waals surface area contributed by atoms with E-state index in [-0.39, 0.29) is 0 Å². The van der Waals surface area contributed by atoms with Crippen molar-refractivity contribution in [1.82, 2.24) is 0 Å². The van der Waals surface area contributed by atoms with Crippen LogP contribution in [0.1, 0.15) is 36.5 Å². The molecule has 0 heteroatoms. The smallest absolute Gasteiger partial charge is 0.0330 e. The maximum Gasteiger partial charge on any atom is 0.0330 e. The lowest BCUT2D eigenvalue weighted by molar-refractivity contribution is 0.796. The number of rotatable bonds is 4. The zero-order chi connectivity index (χ0) is 16.6. The van der Waals surface area contributed by atoms with Gasteiger partial charge >= 0.3 is 0 Å². The summed E-state index contributed by atoms with van der Waals surface area (Å²) < 4.78 is 0. The molecular formula is C24H22. The second-order valence-electron chi connectivity index (χ2n) is 5.93. The van der Waals surface area contributed by atoms with E-state index in [9.17, 15) is 0 Å². The Balaban J connectivity index is 2.07. The molecule has 0 aliphatic heterocycles. The first-order chi connectivity index (χ1) is 11.9. The van der Waals surface area contributed by atoms with Crippen LogP contribution in [0.15, 0.2) is 78.9 Å². The Bertz CT molecular complexity index is 833. The first kappa shape index (κ1) is 16.1. The number of aryl methyl sites for hydroxylation is 1. The van der Waals surface area contributed by atoms with Crippen molar-refractivity contribution in [3.63, 3.8) is 0 Å². The third kappa shape index (κ3) is 3.94. The van der Waals surface area contributed by atoms with Crippen LogP contribution < -0.4 is 0 Å². The number of hydrogen-bond donors (Lipinski definition) is 0. The predicted octanol–water partition coefficient (Wildman–Crippen LogP) is 6.10. The third-order valence-electron chi connectivity index (χ3n) is 4.13. The maximum atomic E-state index is 3.39. The molecule has 0 saturated heterocycles. The summed E-state index contributed by atoms with van der Waals surface area (Å²) in [5, 5.41) is 0. The van der Waals surface area contributed by atoms with Gasteiger partial charge in [0.2, 0.25) is 0 Å². The average Bonchev–Trinajstić information content (AvgIpc) is 2.66. The summed E-state index contributed by atoms with van der Waals surface area (Å²) in [5.74, 6) is 6.70. The van der Waals surface area contributed by atoms with E-state index in [0.29, 0.717) is 0 Å². The molecule has 0 aliphatic carbocycles. The first-order valence-corrected chi connectivity index (χ1v) is 8.63. The first-order valence-electron chi connectivity index (χ1n) is 8.63. The van der Waals surface area contributed by atoms with Gasteiger partial charge in [-0.3, -0.25) is 0 Å². The molecule has 3 aromatic rings. The van der Waals surface area contributed by atoms with E-state index >= 15 is 0 Å². The van der Waals surface area contributed by atoms with Crippen molar-refractivity contribution in [3.05, 3.63) is 95.6 Å². The molecule has 0 radical (unpaired) electrons. The Kier molecular flexibility index (Phi) is 5.48. The van der Waals surface area contributed by atoms with Gasteiger partial charge in [0.25, 0.3) is 0 Å².